The van der Waals surface area contributed by atoms with Crippen LogP contribution < -0.4 is 5.32 Å². The number of nitrogens with one attached hydrogen (secondary N) is 2. The number of carbonyl (C=O) groups is 2. The summed E-state index contributed by atoms with van der Waals surface area (Å²) in [7, 11) is 0. The Bertz CT molecular complexity index is 1190. The Morgan fingerprint density at radius 2 is 1.66 bits per heavy atom. The van der Waals surface area contributed by atoms with Crippen LogP contribution in [0, 0.1) is 17.6 Å². The van der Waals surface area contributed by atoms with Crippen molar-refractivity contribution in [2.24, 2.45) is 5.92 Å². The lowest BCUT2D eigenvalue weighted by Crippen LogP contribution is -2.51. The van der Waals surface area contributed by atoms with E-state index in [2.05, 4.69) is 28.5 Å². The first-order chi connectivity index (χ1) is 18.4. The van der Waals surface area contributed by atoms with Crippen LogP contribution in [0.4, 0.5) is 8.78 Å². The third-order valence-corrected chi connectivity index (χ3v) is 7.37. The van der Waals surface area contributed by atoms with Gasteiger partial charge in [-0.1, -0.05) is 37.5 Å². The Labute approximate surface area is 221 Å². The molecule has 1 amide bonds. The van der Waals surface area contributed by atoms with Gasteiger partial charge < -0.3 is 20.3 Å². The maximum atomic E-state index is 13.2. The molecule has 38 heavy (non-hydrogen) atoms. The summed E-state index contributed by atoms with van der Waals surface area (Å²) in [4.78, 5) is 28.9. The number of amides is 1. The molecule has 2 aromatic carbocycles. The number of halogens is 2. The minimum absolute atomic E-state index is 0.0141. The molecule has 1 aromatic heterocycles. The van der Waals surface area contributed by atoms with Crippen molar-refractivity contribution in [1.82, 2.24) is 15.2 Å². The molecule has 1 atom stereocenters. The summed E-state index contributed by atoms with van der Waals surface area (Å²) < 4.78 is 26.5. The van der Waals surface area contributed by atoms with Gasteiger partial charge in [-0.05, 0) is 72.9 Å². The number of carboxylic acid groups (broad SMARTS) is 1. The molecule has 1 saturated heterocycles. The van der Waals surface area contributed by atoms with Crippen molar-refractivity contribution in [1.29, 1.82) is 0 Å². The average Bonchev–Trinajstić information content (AvgIpc) is 3.40. The summed E-state index contributed by atoms with van der Waals surface area (Å²) in [5.41, 5.74) is 1.49. The first-order valence-electron chi connectivity index (χ1n) is 13.3. The van der Waals surface area contributed by atoms with Crippen molar-refractivity contribution >= 4 is 28.9 Å². The zero-order chi connectivity index (χ0) is 26.9. The van der Waals surface area contributed by atoms with E-state index in [0.717, 1.165) is 43.9 Å². The number of likely N-dealkylation sites (tertiary alicyclic amines) is 1. The fourth-order valence-electron chi connectivity index (χ4n) is 5.32. The summed E-state index contributed by atoms with van der Waals surface area (Å²) in [5, 5.41) is 14.3. The number of H-pyrrole nitrogens is 1. The normalized spacial score (nSPS) is 17.8. The van der Waals surface area contributed by atoms with E-state index >= 15 is 0 Å². The first-order valence-corrected chi connectivity index (χ1v) is 13.3. The van der Waals surface area contributed by atoms with E-state index < -0.39 is 23.6 Å². The molecule has 0 radical (unpaired) electrons. The zero-order valence-corrected chi connectivity index (χ0v) is 21.4. The van der Waals surface area contributed by atoms with Crippen LogP contribution in [0.2, 0.25) is 0 Å². The monoisotopic (exact) mass is 523 g/mol. The third-order valence-electron chi connectivity index (χ3n) is 7.37. The number of carboxylic acids is 1. The topological polar surface area (TPSA) is 85.4 Å². The van der Waals surface area contributed by atoms with Crippen LogP contribution in [0.1, 0.15) is 50.5 Å². The largest absolute Gasteiger partial charge is 0.480 e. The van der Waals surface area contributed by atoms with Crippen molar-refractivity contribution in [3.05, 3.63) is 78.0 Å². The van der Waals surface area contributed by atoms with Gasteiger partial charge in [-0.2, -0.15) is 0 Å². The standard InChI is InChI=1S/C22H28F2N2O3.C8H7N/c23-17-12-15(13-18(24)14-17)6-7-20(27)26-10-8-16(9-11-26)21(22(28)29)25-19-4-2-1-3-5-19;1-2-4-8-7(3-1)5-6-9-8/h6-7,12-14,16,19,21,25H,1-5,8-11H2,(H,28,29);1-6,9H/b7-6+;. The molecule has 6 nitrogen and oxygen atoms in total. The zero-order valence-electron chi connectivity index (χ0n) is 21.4. The number of rotatable bonds is 6. The highest BCUT2D eigenvalue weighted by atomic mass is 19.1. The summed E-state index contributed by atoms with van der Waals surface area (Å²) in [6.45, 7) is 0.947. The second kappa shape index (κ2) is 13.3. The Morgan fingerprint density at radius 1 is 0.974 bits per heavy atom. The Morgan fingerprint density at radius 3 is 2.32 bits per heavy atom. The van der Waals surface area contributed by atoms with Gasteiger partial charge in [0.2, 0.25) is 5.91 Å². The molecule has 202 valence electrons. The summed E-state index contributed by atoms with van der Waals surface area (Å²) in [6, 6.07) is 13.1. The van der Waals surface area contributed by atoms with Crippen molar-refractivity contribution in [3.63, 3.8) is 0 Å². The quantitative estimate of drug-likeness (QED) is 0.359. The Hall–Kier alpha value is -3.52. The molecular formula is C30H35F2N3O3. The van der Waals surface area contributed by atoms with Gasteiger partial charge in [-0.15, -0.1) is 0 Å². The SMILES string of the molecule is O=C(O)C(NC1CCCCC1)C1CCN(C(=O)/C=C/c2cc(F)cc(F)c2)CC1.c1ccc2[nH]ccc2c1. The van der Waals surface area contributed by atoms with Gasteiger partial charge in [0, 0.05) is 43.0 Å². The second-order valence-electron chi connectivity index (χ2n) is 10.1. The van der Waals surface area contributed by atoms with Gasteiger partial charge in [-0.3, -0.25) is 9.59 Å². The molecule has 3 N–H and O–H groups in total. The van der Waals surface area contributed by atoms with Crippen LogP contribution in [0.15, 0.2) is 60.8 Å². The van der Waals surface area contributed by atoms with E-state index in [-0.39, 0.29) is 23.4 Å². The molecule has 2 aliphatic rings. The number of carbonyl (C=O) groups excluding carboxylic acids is 1. The van der Waals surface area contributed by atoms with E-state index in [9.17, 15) is 23.5 Å². The predicted molar refractivity (Wildman–Crippen MR) is 144 cm³/mol. The van der Waals surface area contributed by atoms with Gasteiger partial charge in [0.05, 0.1) is 0 Å². The number of aromatic amines is 1. The molecular weight excluding hydrogens is 488 g/mol. The minimum Gasteiger partial charge on any atom is -0.480 e. The molecule has 5 rings (SSSR count). The highest BCUT2D eigenvalue weighted by Gasteiger charge is 2.33. The lowest BCUT2D eigenvalue weighted by atomic mass is 9.87. The van der Waals surface area contributed by atoms with Crippen LogP contribution in [-0.4, -0.2) is 52.0 Å². The highest BCUT2D eigenvalue weighted by Crippen LogP contribution is 2.25. The molecule has 1 unspecified atom stereocenters. The van der Waals surface area contributed by atoms with Crippen LogP contribution in [0.5, 0.6) is 0 Å². The summed E-state index contributed by atoms with van der Waals surface area (Å²) in [6.07, 6.45) is 11.4. The lowest BCUT2D eigenvalue weighted by molar-refractivity contribution is -0.142. The van der Waals surface area contributed by atoms with E-state index in [1.54, 1.807) is 4.90 Å². The van der Waals surface area contributed by atoms with E-state index in [1.165, 1.54) is 29.5 Å². The van der Waals surface area contributed by atoms with Gasteiger partial charge >= 0.3 is 5.97 Å². The number of piperidine rings is 1. The van der Waals surface area contributed by atoms with E-state index in [4.69, 9.17) is 0 Å². The number of hydrogen-bond donors (Lipinski definition) is 3. The summed E-state index contributed by atoms with van der Waals surface area (Å²) in [5.74, 6) is -2.46. The molecule has 8 heteroatoms. The molecule has 2 fully saturated rings. The molecule has 0 spiro atoms. The third kappa shape index (κ3) is 7.74. The number of aromatic nitrogens is 1. The smallest absolute Gasteiger partial charge is 0.320 e. The molecule has 1 aliphatic carbocycles. The van der Waals surface area contributed by atoms with Gasteiger partial charge in [-0.25, -0.2) is 8.78 Å². The predicted octanol–water partition coefficient (Wildman–Crippen LogP) is 5.76. The molecule has 0 bridgehead atoms. The van der Waals surface area contributed by atoms with Crippen LogP contribution in [0.25, 0.3) is 17.0 Å². The lowest BCUT2D eigenvalue weighted by Gasteiger charge is -2.36. The highest BCUT2D eigenvalue weighted by molar-refractivity contribution is 5.91. The Kier molecular flexibility index (Phi) is 9.65. The van der Waals surface area contributed by atoms with Crippen molar-refractivity contribution in [2.45, 2.75) is 57.0 Å². The van der Waals surface area contributed by atoms with Crippen molar-refractivity contribution in [3.8, 4) is 0 Å². The van der Waals surface area contributed by atoms with Gasteiger partial charge in [0.25, 0.3) is 0 Å². The number of para-hydroxylation sites is 1. The number of aliphatic carboxylic acids is 1. The number of nitrogens with zero attached hydrogens (tertiary/aromatic N) is 1. The van der Waals surface area contributed by atoms with Crippen LogP contribution in [0.3, 0.4) is 0 Å². The van der Waals surface area contributed by atoms with Crippen LogP contribution in [-0.2, 0) is 9.59 Å². The second-order valence-corrected chi connectivity index (χ2v) is 10.1. The maximum absolute atomic E-state index is 13.2. The molecule has 3 aromatic rings. The van der Waals surface area contributed by atoms with Crippen molar-refractivity contribution < 1.29 is 23.5 Å². The van der Waals surface area contributed by atoms with Gasteiger partial charge in [0.1, 0.15) is 17.7 Å². The minimum atomic E-state index is -0.826. The van der Waals surface area contributed by atoms with E-state index in [1.807, 2.05) is 18.3 Å². The Balaban J connectivity index is 0.000000311. The fraction of sp³-hybridized carbons (Fsp3) is 0.400. The van der Waals surface area contributed by atoms with E-state index in [0.29, 0.717) is 25.9 Å². The molecule has 1 saturated carbocycles. The fourth-order valence-corrected chi connectivity index (χ4v) is 5.32. The molecule has 1 aliphatic heterocycles. The van der Waals surface area contributed by atoms with Gasteiger partial charge in [0.15, 0.2) is 0 Å². The maximum Gasteiger partial charge on any atom is 0.320 e. The first kappa shape index (κ1) is 27.5. The average molecular weight is 524 g/mol. The number of hydrogen-bond acceptors (Lipinski definition) is 3. The number of benzene rings is 2. The van der Waals surface area contributed by atoms with Crippen LogP contribution >= 0.6 is 0 Å². The summed E-state index contributed by atoms with van der Waals surface area (Å²) >= 11 is 0. The van der Waals surface area contributed by atoms with Crippen molar-refractivity contribution in [2.75, 3.05) is 13.1 Å². The number of fused-ring (bicyclic) bond motifs is 1. The molecule has 2 heterocycles.